The van der Waals surface area contributed by atoms with Gasteiger partial charge in [-0.05, 0) is 6.92 Å². The number of hydrogen-bond acceptors (Lipinski definition) is 5. The topological polar surface area (TPSA) is 68.8 Å². The Hall–Kier alpha value is -1.24. The molecule has 0 amide bonds. The normalized spacial score (nSPS) is 12.9. The van der Waals surface area contributed by atoms with E-state index in [1.807, 2.05) is 24.7 Å². The van der Waals surface area contributed by atoms with Crippen molar-refractivity contribution in [2.75, 3.05) is 0 Å². The molecule has 0 spiro atoms. The molecule has 1 unspecified atom stereocenters. The molecule has 16 heavy (non-hydrogen) atoms. The summed E-state index contributed by atoms with van der Waals surface area (Å²) in [7, 11) is 1.96. The smallest absolute Gasteiger partial charge is 0.0946 e. The third-order valence-corrected chi connectivity index (χ3v) is 3.31. The molecule has 6 heteroatoms. The maximum Gasteiger partial charge on any atom is 0.0946 e. The van der Waals surface area contributed by atoms with Gasteiger partial charge in [0.1, 0.15) is 0 Å². The summed E-state index contributed by atoms with van der Waals surface area (Å²) >= 11 is 1.66. The number of hydrazine groups is 1. The Morgan fingerprint density at radius 2 is 2.44 bits per heavy atom. The van der Waals surface area contributed by atoms with Crippen molar-refractivity contribution in [3.8, 4) is 0 Å². The Kier molecular flexibility index (Phi) is 3.33. The second kappa shape index (κ2) is 4.73. The SMILES string of the molecule is Cc1nc(CC(NN)c2cncn2C)cs1. The van der Waals surface area contributed by atoms with Gasteiger partial charge in [-0.25, -0.2) is 9.97 Å². The molecule has 0 radical (unpaired) electrons. The van der Waals surface area contributed by atoms with Crippen LogP contribution in [0, 0.1) is 6.92 Å². The lowest BCUT2D eigenvalue weighted by atomic mass is 10.1. The molecule has 0 aliphatic heterocycles. The van der Waals surface area contributed by atoms with Crippen LogP contribution in [0.25, 0.3) is 0 Å². The Balaban J connectivity index is 2.15. The number of hydrogen-bond donors (Lipinski definition) is 2. The van der Waals surface area contributed by atoms with Crippen LogP contribution in [0.3, 0.4) is 0 Å². The van der Waals surface area contributed by atoms with Gasteiger partial charge in [0.25, 0.3) is 0 Å². The fraction of sp³-hybridized carbons (Fsp3) is 0.400. The Morgan fingerprint density at radius 3 is 2.94 bits per heavy atom. The van der Waals surface area contributed by atoms with Crippen molar-refractivity contribution in [2.24, 2.45) is 12.9 Å². The van der Waals surface area contributed by atoms with E-state index in [0.717, 1.165) is 22.8 Å². The van der Waals surface area contributed by atoms with Crippen molar-refractivity contribution in [3.63, 3.8) is 0 Å². The molecule has 86 valence electrons. The van der Waals surface area contributed by atoms with Gasteiger partial charge in [0, 0.05) is 25.0 Å². The molecular weight excluding hydrogens is 222 g/mol. The Morgan fingerprint density at radius 1 is 1.62 bits per heavy atom. The van der Waals surface area contributed by atoms with E-state index in [1.54, 1.807) is 17.7 Å². The van der Waals surface area contributed by atoms with Crippen molar-refractivity contribution in [2.45, 2.75) is 19.4 Å². The van der Waals surface area contributed by atoms with Crippen LogP contribution >= 0.6 is 11.3 Å². The molecule has 0 saturated heterocycles. The van der Waals surface area contributed by atoms with Crippen molar-refractivity contribution < 1.29 is 0 Å². The Bertz CT molecular complexity index is 461. The molecule has 3 N–H and O–H groups in total. The number of thiazole rings is 1. The average molecular weight is 237 g/mol. The molecule has 0 aliphatic rings. The van der Waals surface area contributed by atoms with E-state index >= 15 is 0 Å². The molecule has 2 aromatic rings. The van der Waals surface area contributed by atoms with Crippen LogP contribution in [0.15, 0.2) is 17.9 Å². The minimum atomic E-state index is 0.0500. The third kappa shape index (κ3) is 2.29. The summed E-state index contributed by atoms with van der Waals surface area (Å²) in [6.45, 7) is 2.00. The van der Waals surface area contributed by atoms with Gasteiger partial charge >= 0.3 is 0 Å². The highest BCUT2D eigenvalue weighted by molar-refractivity contribution is 7.09. The lowest BCUT2D eigenvalue weighted by Crippen LogP contribution is -2.31. The summed E-state index contributed by atoms with van der Waals surface area (Å²) in [5.74, 6) is 5.57. The summed E-state index contributed by atoms with van der Waals surface area (Å²) < 4.78 is 1.96. The molecule has 5 nitrogen and oxygen atoms in total. The first-order valence-electron chi connectivity index (χ1n) is 5.04. The minimum Gasteiger partial charge on any atom is -0.336 e. The van der Waals surface area contributed by atoms with E-state index in [9.17, 15) is 0 Å². The van der Waals surface area contributed by atoms with E-state index in [4.69, 9.17) is 5.84 Å². The Labute approximate surface area is 98.3 Å². The fourth-order valence-corrected chi connectivity index (χ4v) is 2.29. The molecule has 0 fully saturated rings. The lowest BCUT2D eigenvalue weighted by molar-refractivity contribution is 0.517. The standard InChI is InChI=1S/C10H15N5S/c1-7-13-8(5-16-7)3-9(14-11)10-4-12-6-15(10)2/h4-6,9,14H,3,11H2,1-2H3. The van der Waals surface area contributed by atoms with E-state index < -0.39 is 0 Å². The van der Waals surface area contributed by atoms with Crippen LogP contribution < -0.4 is 11.3 Å². The average Bonchev–Trinajstić information content (AvgIpc) is 2.84. The first-order valence-corrected chi connectivity index (χ1v) is 5.92. The molecule has 0 saturated carbocycles. The third-order valence-electron chi connectivity index (χ3n) is 2.49. The highest BCUT2D eigenvalue weighted by Crippen LogP contribution is 2.18. The monoisotopic (exact) mass is 237 g/mol. The van der Waals surface area contributed by atoms with Crippen LogP contribution in [0.2, 0.25) is 0 Å². The maximum atomic E-state index is 5.57. The van der Waals surface area contributed by atoms with Crippen LogP contribution in [0.4, 0.5) is 0 Å². The van der Waals surface area contributed by atoms with E-state index in [0.29, 0.717) is 0 Å². The van der Waals surface area contributed by atoms with Crippen molar-refractivity contribution >= 4 is 11.3 Å². The van der Waals surface area contributed by atoms with Gasteiger partial charge in [-0.3, -0.25) is 11.3 Å². The first kappa shape index (κ1) is 11.3. The van der Waals surface area contributed by atoms with Crippen molar-refractivity contribution in [1.29, 1.82) is 0 Å². The summed E-state index contributed by atoms with van der Waals surface area (Å²) in [4.78, 5) is 8.52. The predicted octanol–water partition coefficient (Wildman–Crippen LogP) is 0.932. The summed E-state index contributed by atoms with van der Waals surface area (Å²) in [6.07, 6.45) is 4.37. The zero-order chi connectivity index (χ0) is 11.5. The highest BCUT2D eigenvalue weighted by atomic mass is 32.1. The fourth-order valence-electron chi connectivity index (χ4n) is 1.66. The van der Waals surface area contributed by atoms with Gasteiger partial charge in [0.2, 0.25) is 0 Å². The summed E-state index contributed by atoms with van der Waals surface area (Å²) in [6, 6.07) is 0.0500. The molecule has 1 atom stereocenters. The van der Waals surface area contributed by atoms with Crippen LogP contribution in [0.5, 0.6) is 0 Å². The largest absolute Gasteiger partial charge is 0.336 e. The minimum absolute atomic E-state index is 0.0500. The quantitative estimate of drug-likeness (QED) is 0.613. The van der Waals surface area contributed by atoms with Gasteiger partial charge < -0.3 is 4.57 Å². The second-order valence-electron chi connectivity index (χ2n) is 3.71. The maximum absolute atomic E-state index is 5.57. The summed E-state index contributed by atoms with van der Waals surface area (Å²) in [5.41, 5.74) is 4.93. The molecule has 0 aliphatic carbocycles. The molecule has 2 heterocycles. The molecule has 0 bridgehead atoms. The second-order valence-corrected chi connectivity index (χ2v) is 4.77. The van der Waals surface area contributed by atoms with Crippen molar-refractivity contribution in [1.82, 2.24) is 20.0 Å². The first-order chi connectivity index (χ1) is 7.70. The van der Waals surface area contributed by atoms with E-state index in [2.05, 4.69) is 20.8 Å². The predicted molar refractivity (Wildman–Crippen MR) is 63.8 cm³/mol. The number of aromatic nitrogens is 3. The number of rotatable bonds is 4. The van der Waals surface area contributed by atoms with Gasteiger partial charge in [-0.15, -0.1) is 11.3 Å². The molecule has 2 aromatic heterocycles. The number of nitrogens with two attached hydrogens (primary N) is 1. The van der Waals surface area contributed by atoms with Gasteiger partial charge in [-0.1, -0.05) is 0 Å². The van der Waals surface area contributed by atoms with E-state index in [1.165, 1.54) is 0 Å². The summed E-state index contributed by atoms with van der Waals surface area (Å²) in [5, 5.41) is 3.14. The van der Waals surface area contributed by atoms with Crippen LogP contribution in [-0.4, -0.2) is 14.5 Å². The molecular formula is C10H15N5S. The number of imidazole rings is 1. The molecule has 2 rings (SSSR count). The van der Waals surface area contributed by atoms with Gasteiger partial charge in [0.05, 0.1) is 28.8 Å². The number of nitrogens with zero attached hydrogens (tertiary/aromatic N) is 3. The zero-order valence-corrected chi connectivity index (χ0v) is 10.2. The lowest BCUT2D eigenvalue weighted by Gasteiger charge is -2.14. The number of aryl methyl sites for hydroxylation is 2. The van der Waals surface area contributed by atoms with Gasteiger partial charge in [0.15, 0.2) is 0 Å². The number of nitrogens with one attached hydrogen (secondary N) is 1. The van der Waals surface area contributed by atoms with Gasteiger partial charge in [-0.2, -0.15) is 0 Å². The van der Waals surface area contributed by atoms with Crippen LogP contribution in [-0.2, 0) is 13.5 Å². The molecule has 0 aromatic carbocycles. The zero-order valence-electron chi connectivity index (χ0n) is 9.34. The van der Waals surface area contributed by atoms with E-state index in [-0.39, 0.29) is 6.04 Å². The van der Waals surface area contributed by atoms with Crippen molar-refractivity contribution in [3.05, 3.63) is 34.3 Å². The highest BCUT2D eigenvalue weighted by Gasteiger charge is 2.15. The van der Waals surface area contributed by atoms with Crippen LogP contribution in [0.1, 0.15) is 22.4 Å².